The second-order valence-electron chi connectivity index (χ2n) is 6.12. The van der Waals surface area contributed by atoms with Gasteiger partial charge >= 0.3 is 0 Å². The maximum absolute atomic E-state index is 12.8. The Morgan fingerprint density at radius 2 is 2.05 bits per heavy atom. The van der Waals surface area contributed by atoms with Crippen molar-refractivity contribution in [3.8, 4) is 0 Å². The van der Waals surface area contributed by atoms with E-state index >= 15 is 0 Å². The molecule has 2 aliphatic carbocycles. The molecular weight excluding hydrogens is 236 g/mol. The summed E-state index contributed by atoms with van der Waals surface area (Å²) < 4.78 is 0. The lowest BCUT2D eigenvalue weighted by molar-refractivity contribution is -0.120. The Morgan fingerprint density at radius 3 is 2.79 bits per heavy atom. The van der Waals surface area contributed by atoms with E-state index in [4.69, 9.17) is 0 Å². The van der Waals surface area contributed by atoms with Crippen LogP contribution in [0.25, 0.3) is 0 Å². The quantitative estimate of drug-likeness (QED) is 0.755. The highest BCUT2D eigenvalue weighted by molar-refractivity contribution is 6.00. The van der Waals surface area contributed by atoms with Gasteiger partial charge in [-0.25, -0.2) is 0 Å². The predicted molar refractivity (Wildman–Crippen MR) is 76.6 cm³/mol. The van der Waals surface area contributed by atoms with Crippen LogP contribution in [-0.4, -0.2) is 49.3 Å². The van der Waals surface area contributed by atoms with Crippen LogP contribution in [0.4, 0.5) is 0 Å². The van der Waals surface area contributed by atoms with Gasteiger partial charge in [-0.3, -0.25) is 4.79 Å². The van der Waals surface area contributed by atoms with Crippen LogP contribution in [0.5, 0.6) is 0 Å². The number of nitrogens with zero attached hydrogens (tertiary/aromatic N) is 2. The Bertz CT molecular complexity index is 487. The van der Waals surface area contributed by atoms with Gasteiger partial charge in [-0.1, -0.05) is 24.3 Å². The third-order valence-electron chi connectivity index (χ3n) is 4.57. The highest BCUT2D eigenvalue weighted by Crippen LogP contribution is 2.43. The summed E-state index contributed by atoms with van der Waals surface area (Å²) in [6.07, 6.45) is 10.6. The Balaban J connectivity index is 1.91. The van der Waals surface area contributed by atoms with Crippen molar-refractivity contribution in [3.63, 3.8) is 0 Å². The number of allylic oxidation sites excluding steroid dienone is 3. The first-order chi connectivity index (χ1) is 9.09. The van der Waals surface area contributed by atoms with E-state index in [0.29, 0.717) is 11.8 Å². The summed E-state index contributed by atoms with van der Waals surface area (Å²) in [5.41, 5.74) is 2.37. The van der Waals surface area contributed by atoms with Gasteiger partial charge in [-0.05, 0) is 26.9 Å². The number of carbonyl (C=O) groups is 1. The highest BCUT2D eigenvalue weighted by Gasteiger charge is 2.43. The summed E-state index contributed by atoms with van der Waals surface area (Å²) in [5, 5.41) is 0. The van der Waals surface area contributed by atoms with Crippen LogP contribution in [0.3, 0.4) is 0 Å². The monoisotopic (exact) mass is 258 g/mol. The van der Waals surface area contributed by atoms with Crippen molar-refractivity contribution in [1.29, 1.82) is 0 Å². The van der Waals surface area contributed by atoms with Gasteiger partial charge in [0.2, 0.25) is 0 Å². The average molecular weight is 258 g/mol. The third-order valence-corrected chi connectivity index (χ3v) is 4.57. The molecule has 3 atom stereocenters. The Hall–Kier alpha value is -1.35. The van der Waals surface area contributed by atoms with Crippen LogP contribution >= 0.6 is 0 Å². The van der Waals surface area contributed by atoms with Crippen LogP contribution in [0.1, 0.15) is 12.8 Å². The number of carbonyl (C=O) groups excluding carboxylic acids is 1. The Labute approximate surface area is 115 Å². The predicted octanol–water partition coefficient (Wildman–Crippen LogP) is 1.84. The molecule has 1 heterocycles. The van der Waals surface area contributed by atoms with Gasteiger partial charge in [0.05, 0.1) is 6.04 Å². The smallest absolute Gasteiger partial charge is 0.165 e. The molecule has 1 aliphatic heterocycles. The largest absolute Gasteiger partial charge is 0.370 e. The molecule has 0 aromatic rings. The van der Waals surface area contributed by atoms with Crippen molar-refractivity contribution in [2.75, 3.05) is 27.7 Å². The molecule has 0 bridgehead atoms. The zero-order chi connectivity index (χ0) is 13.6. The van der Waals surface area contributed by atoms with Gasteiger partial charge in [-0.15, -0.1) is 0 Å². The summed E-state index contributed by atoms with van der Waals surface area (Å²) in [4.78, 5) is 17.2. The molecule has 3 rings (SSSR count). The third kappa shape index (κ3) is 1.96. The second kappa shape index (κ2) is 4.64. The summed E-state index contributed by atoms with van der Waals surface area (Å²) in [6, 6.07) is 0.358. The fourth-order valence-electron chi connectivity index (χ4n) is 3.69. The summed E-state index contributed by atoms with van der Waals surface area (Å²) in [6.45, 7) is 0.871. The molecule has 3 aliphatic rings. The van der Waals surface area contributed by atoms with Crippen molar-refractivity contribution in [1.82, 2.24) is 9.80 Å². The molecule has 19 heavy (non-hydrogen) atoms. The lowest BCUT2D eigenvalue weighted by atomic mass is 9.79. The molecule has 0 amide bonds. The molecule has 0 fully saturated rings. The molecule has 102 valence electrons. The molecule has 0 radical (unpaired) electrons. The number of rotatable bonds is 2. The lowest BCUT2D eigenvalue weighted by Gasteiger charge is -2.28. The first-order valence-electron chi connectivity index (χ1n) is 7.09. The molecule has 3 nitrogen and oxygen atoms in total. The Kier molecular flexibility index (Phi) is 3.09. The van der Waals surface area contributed by atoms with Crippen LogP contribution in [-0.2, 0) is 4.79 Å². The molecule has 0 N–H and O–H groups in total. The van der Waals surface area contributed by atoms with E-state index in [9.17, 15) is 4.79 Å². The molecule has 3 heteroatoms. The van der Waals surface area contributed by atoms with Gasteiger partial charge < -0.3 is 9.80 Å². The highest BCUT2D eigenvalue weighted by atomic mass is 16.1. The van der Waals surface area contributed by atoms with Crippen molar-refractivity contribution in [2.45, 2.75) is 18.9 Å². The van der Waals surface area contributed by atoms with E-state index in [2.05, 4.69) is 41.2 Å². The summed E-state index contributed by atoms with van der Waals surface area (Å²) in [7, 11) is 6.22. The van der Waals surface area contributed by atoms with Gasteiger partial charge in [-0.2, -0.15) is 0 Å². The zero-order valence-electron chi connectivity index (χ0n) is 12.0. The van der Waals surface area contributed by atoms with E-state index in [1.165, 1.54) is 5.70 Å². The van der Waals surface area contributed by atoms with E-state index < -0.39 is 0 Å². The average Bonchev–Trinajstić information content (AvgIpc) is 2.67. The zero-order valence-corrected chi connectivity index (χ0v) is 12.0. The Morgan fingerprint density at radius 1 is 1.32 bits per heavy atom. The number of hydrogen-bond acceptors (Lipinski definition) is 3. The normalized spacial score (nSPS) is 33.2. The first kappa shape index (κ1) is 12.7. The SMILES string of the molecule is CN(C)CC1CCC2=C(C1=O)C1C=CC=CC1N2C. The standard InChI is InChI=1S/C16H22N2O/c1-17(2)10-11-8-9-14-15(16(11)19)12-6-4-5-7-13(12)18(14)3/h4-7,11-13H,8-10H2,1-3H3. The maximum atomic E-state index is 12.8. The van der Waals surface area contributed by atoms with Crippen molar-refractivity contribution in [3.05, 3.63) is 35.6 Å². The van der Waals surface area contributed by atoms with E-state index in [0.717, 1.165) is 25.0 Å². The molecular formula is C16H22N2O. The number of ketones is 1. The molecule has 3 unspecified atom stereocenters. The minimum absolute atomic E-state index is 0.181. The maximum Gasteiger partial charge on any atom is 0.165 e. The molecule has 0 saturated heterocycles. The van der Waals surface area contributed by atoms with Crippen LogP contribution in [0.2, 0.25) is 0 Å². The second-order valence-corrected chi connectivity index (χ2v) is 6.12. The topological polar surface area (TPSA) is 23.6 Å². The van der Waals surface area contributed by atoms with E-state index in [1.807, 2.05) is 14.1 Å². The van der Waals surface area contributed by atoms with Gasteiger partial charge in [0.15, 0.2) is 5.78 Å². The molecule has 0 spiro atoms. The van der Waals surface area contributed by atoms with Gasteiger partial charge in [0, 0.05) is 36.7 Å². The van der Waals surface area contributed by atoms with Crippen LogP contribution in [0, 0.1) is 11.8 Å². The fraction of sp³-hybridized carbons (Fsp3) is 0.562. The minimum Gasteiger partial charge on any atom is -0.370 e. The first-order valence-corrected chi connectivity index (χ1v) is 7.09. The lowest BCUT2D eigenvalue weighted by Crippen LogP contribution is -2.33. The van der Waals surface area contributed by atoms with Gasteiger partial charge in [0.25, 0.3) is 0 Å². The van der Waals surface area contributed by atoms with Crippen molar-refractivity contribution >= 4 is 5.78 Å². The van der Waals surface area contributed by atoms with Crippen molar-refractivity contribution in [2.24, 2.45) is 11.8 Å². The van der Waals surface area contributed by atoms with E-state index in [-0.39, 0.29) is 11.8 Å². The van der Waals surface area contributed by atoms with E-state index in [1.54, 1.807) is 0 Å². The molecule has 0 aromatic carbocycles. The number of hydrogen-bond donors (Lipinski definition) is 0. The van der Waals surface area contributed by atoms with Crippen LogP contribution < -0.4 is 0 Å². The minimum atomic E-state index is 0.181. The summed E-state index contributed by atoms with van der Waals surface area (Å²) >= 11 is 0. The summed E-state index contributed by atoms with van der Waals surface area (Å²) in [5.74, 6) is 0.844. The van der Waals surface area contributed by atoms with Crippen LogP contribution in [0.15, 0.2) is 35.6 Å². The molecule has 0 saturated carbocycles. The number of likely N-dealkylation sites (N-methyl/N-ethyl adjacent to an activating group) is 1. The fourth-order valence-corrected chi connectivity index (χ4v) is 3.69. The number of Topliss-reactive ketones (excluding diaryl/α,β-unsaturated/α-hetero) is 1. The van der Waals surface area contributed by atoms with Gasteiger partial charge in [0.1, 0.15) is 0 Å². The van der Waals surface area contributed by atoms with Crippen molar-refractivity contribution < 1.29 is 4.79 Å². The molecule has 0 aromatic heterocycles. The number of fused-ring (bicyclic) bond motifs is 2.